The van der Waals surface area contributed by atoms with Crippen molar-refractivity contribution in [3.63, 3.8) is 0 Å². The summed E-state index contributed by atoms with van der Waals surface area (Å²) in [5.74, 6) is 0.472. The van der Waals surface area contributed by atoms with Crippen LogP contribution in [0.15, 0.2) is 12.1 Å². The lowest BCUT2D eigenvalue weighted by Crippen LogP contribution is -2.11. The molecule has 3 nitrogen and oxygen atoms in total. The van der Waals surface area contributed by atoms with Crippen molar-refractivity contribution in [3.8, 4) is 0 Å². The summed E-state index contributed by atoms with van der Waals surface area (Å²) in [5.41, 5.74) is 4.12. The molecule has 1 aromatic carbocycles. The SMILES string of the molecule is CCc1cc(C(O)CC(C)C)cc2c1NC(=O)C2CC. The molecular weight excluding hydrogens is 250 g/mol. The minimum Gasteiger partial charge on any atom is -0.388 e. The molecule has 0 fully saturated rings. The predicted molar refractivity (Wildman–Crippen MR) is 81.9 cm³/mol. The van der Waals surface area contributed by atoms with Gasteiger partial charge in [0.05, 0.1) is 12.0 Å². The molecule has 1 aliphatic heterocycles. The van der Waals surface area contributed by atoms with Crippen molar-refractivity contribution < 1.29 is 9.90 Å². The second-order valence-electron chi connectivity index (χ2n) is 6.09. The molecule has 0 aliphatic carbocycles. The maximum Gasteiger partial charge on any atom is 0.232 e. The molecule has 1 aliphatic rings. The van der Waals surface area contributed by atoms with Crippen LogP contribution in [-0.2, 0) is 11.2 Å². The quantitative estimate of drug-likeness (QED) is 0.859. The zero-order valence-corrected chi connectivity index (χ0v) is 12.9. The van der Waals surface area contributed by atoms with Gasteiger partial charge < -0.3 is 10.4 Å². The highest BCUT2D eigenvalue weighted by Crippen LogP contribution is 2.39. The van der Waals surface area contributed by atoms with Crippen LogP contribution in [0.1, 0.15) is 69.2 Å². The number of aliphatic hydroxyl groups excluding tert-OH is 1. The minimum atomic E-state index is -0.446. The largest absolute Gasteiger partial charge is 0.388 e. The molecule has 0 saturated carbocycles. The van der Waals surface area contributed by atoms with Crippen molar-refractivity contribution >= 4 is 11.6 Å². The Labute approximate surface area is 121 Å². The highest BCUT2D eigenvalue weighted by atomic mass is 16.3. The molecule has 110 valence electrons. The van der Waals surface area contributed by atoms with E-state index >= 15 is 0 Å². The van der Waals surface area contributed by atoms with Crippen LogP contribution in [0.25, 0.3) is 0 Å². The molecule has 1 heterocycles. The standard InChI is InChI=1S/C17H25NO2/c1-5-11-8-12(15(19)7-10(3)4)9-14-13(6-2)17(20)18-16(11)14/h8-10,13,15,19H,5-7H2,1-4H3,(H,18,20). The fourth-order valence-corrected chi connectivity index (χ4v) is 2.99. The summed E-state index contributed by atoms with van der Waals surface area (Å²) < 4.78 is 0. The van der Waals surface area contributed by atoms with Crippen molar-refractivity contribution in [2.75, 3.05) is 5.32 Å². The summed E-state index contributed by atoms with van der Waals surface area (Å²) in [6.45, 7) is 8.33. The van der Waals surface area contributed by atoms with E-state index in [1.54, 1.807) is 0 Å². The van der Waals surface area contributed by atoms with Gasteiger partial charge in [-0.15, -0.1) is 0 Å². The van der Waals surface area contributed by atoms with Crippen molar-refractivity contribution in [1.29, 1.82) is 0 Å². The molecule has 0 spiro atoms. The molecule has 2 atom stereocenters. The summed E-state index contributed by atoms with van der Waals surface area (Å²) in [6, 6.07) is 4.07. The summed E-state index contributed by atoms with van der Waals surface area (Å²) in [4.78, 5) is 12.0. The van der Waals surface area contributed by atoms with Crippen molar-refractivity contribution in [2.45, 2.75) is 59.0 Å². The number of carbonyl (C=O) groups excluding carboxylic acids is 1. The van der Waals surface area contributed by atoms with Crippen LogP contribution >= 0.6 is 0 Å². The van der Waals surface area contributed by atoms with Gasteiger partial charge in [-0.25, -0.2) is 0 Å². The van der Waals surface area contributed by atoms with Crippen molar-refractivity contribution in [3.05, 3.63) is 28.8 Å². The van der Waals surface area contributed by atoms with Gasteiger partial charge in [-0.3, -0.25) is 4.79 Å². The van der Waals surface area contributed by atoms with Gasteiger partial charge in [0.1, 0.15) is 0 Å². The Hall–Kier alpha value is -1.35. The average Bonchev–Trinajstić information content (AvgIpc) is 2.71. The molecule has 2 N–H and O–H groups in total. The third kappa shape index (κ3) is 2.73. The van der Waals surface area contributed by atoms with Gasteiger partial charge in [-0.1, -0.05) is 39.8 Å². The lowest BCUT2D eigenvalue weighted by Gasteiger charge is -2.17. The van der Waals surface area contributed by atoms with Crippen LogP contribution < -0.4 is 5.32 Å². The number of hydrogen-bond acceptors (Lipinski definition) is 2. The van der Waals surface area contributed by atoms with Crippen LogP contribution in [0.5, 0.6) is 0 Å². The lowest BCUT2D eigenvalue weighted by molar-refractivity contribution is -0.117. The van der Waals surface area contributed by atoms with Gasteiger partial charge in [-0.2, -0.15) is 0 Å². The van der Waals surface area contributed by atoms with Crippen molar-refractivity contribution in [1.82, 2.24) is 0 Å². The van der Waals surface area contributed by atoms with Gasteiger partial charge in [-0.05, 0) is 41.9 Å². The molecule has 2 rings (SSSR count). The van der Waals surface area contributed by atoms with Gasteiger partial charge in [0.25, 0.3) is 0 Å². The normalized spacial score (nSPS) is 19.1. The number of aryl methyl sites for hydroxylation is 1. The van der Waals surface area contributed by atoms with Crippen molar-refractivity contribution in [2.24, 2.45) is 5.92 Å². The third-order valence-corrected chi connectivity index (χ3v) is 4.08. The molecule has 0 radical (unpaired) electrons. The van der Waals surface area contributed by atoms with Gasteiger partial charge in [0.2, 0.25) is 5.91 Å². The maximum absolute atomic E-state index is 12.0. The van der Waals surface area contributed by atoms with Crippen LogP contribution in [0, 0.1) is 5.92 Å². The van der Waals surface area contributed by atoms with E-state index in [1.165, 1.54) is 0 Å². The Morgan fingerprint density at radius 2 is 2.00 bits per heavy atom. The van der Waals surface area contributed by atoms with Crippen LogP contribution in [-0.4, -0.2) is 11.0 Å². The number of nitrogens with one attached hydrogen (secondary N) is 1. The number of aliphatic hydroxyl groups is 1. The number of hydrogen-bond donors (Lipinski definition) is 2. The van der Waals surface area contributed by atoms with Gasteiger partial charge in [0, 0.05) is 5.69 Å². The smallest absolute Gasteiger partial charge is 0.232 e. The number of benzene rings is 1. The Balaban J connectivity index is 2.43. The monoisotopic (exact) mass is 275 g/mol. The molecule has 0 saturated heterocycles. The summed E-state index contributed by atoms with van der Waals surface area (Å²) >= 11 is 0. The van der Waals surface area contributed by atoms with E-state index in [0.717, 1.165) is 41.6 Å². The first-order valence-electron chi connectivity index (χ1n) is 7.63. The number of fused-ring (bicyclic) bond motifs is 1. The van der Waals surface area contributed by atoms with Gasteiger partial charge >= 0.3 is 0 Å². The summed E-state index contributed by atoms with van der Waals surface area (Å²) in [5, 5.41) is 13.4. The van der Waals surface area contributed by atoms with E-state index in [9.17, 15) is 9.90 Å². The first kappa shape index (κ1) is 15.0. The molecular formula is C17H25NO2. The Bertz CT molecular complexity index is 508. The highest BCUT2D eigenvalue weighted by molar-refractivity contribution is 6.03. The first-order chi connectivity index (χ1) is 9.47. The fraction of sp³-hybridized carbons (Fsp3) is 0.588. The lowest BCUT2D eigenvalue weighted by atomic mass is 9.90. The van der Waals surface area contributed by atoms with E-state index in [4.69, 9.17) is 0 Å². The molecule has 2 unspecified atom stereocenters. The summed E-state index contributed by atoms with van der Waals surface area (Å²) in [6.07, 6.45) is 1.96. The van der Waals surface area contributed by atoms with Gasteiger partial charge in [0.15, 0.2) is 0 Å². The van der Waals surface area contributed by atoms with Crippen LogP contribution in [0.3, 0.4) is 0 Å². The topological polar surface area (TPSA) is 49.3 Å². The molecule has 0 bridgehead atoms. The number of amides is 1. The Kier molecular flexibility index (Phi) is 4.48. The molecule has 0 aromatic heterocycles. The predicted octanol–water partition coefficient (Wildman–Crippen LogP) is 3.77. The number of anilines is 1. The van der Waals surface area contributed by atoms with E-state index in [1.807, 2.05) is 19.1 Å². The third-order valence-electron chi connectivity index (χ3n) is 4.08. The molecule has 3 heteroatoms. The van der Waals surface area contributed by atoms with E-state index in [-0.39, 0.29) is 11.8 Å². The number of rotatable bonds is 5. The van der Waals surface area contributed by atoms with Crippen LogP contribution in [0.2, 0.25) is 0 Å². The average molecular weight is 275 g/mol. The zero-order valence-electron chi connectivity index (χ0n) is 12.9. The van der Waals surface area contributed by atoms with E-state index in [2.05, 4.69) is 26.1 Å². The second-order valence-corrected chi connectivity index (χ2v) is 6.09. The van der Waals surface area contributed by atoms with E-state index < -0.39 is 6.10 Å². The van der Waals surface area contributed by atoms with E-state index in [0.29, 0.717) is 5.92 Å². The molecule has 20 heavy (non-hydrogen) atoms. The fourth-order valence-electron chi connectivity index (χ4n) is 2.99. The highest BCUT2D eigenvalue weighted by Gasteiger charge is 2.31. The molecule has 1 amide bonds. The van der Waals surface area contributed by atoms with Crippen LogP contribution in [0.4, 0.5) is 5.69 Å². The second kappa shape index (κ2) is 5.96. The first-order valence-corrected chi connectivity index (χ1v) is 7.63. The Morgan fingerprint density at radius 1 is 1.30 bits per heavy atom. The zero-order chi connectivity index (χ0) is 14.9. The maximum atomic E-state index is 12.0. The Morgan fingerprint density at radius 3 is 2.55 bits per heavy atom. The summed E-state index contributed by atoms with van der Waals surface area (Å²) in [7, 11) is 0. The number of carbonyl (C=O) groups is 1. The minimum absolute atomic E-state index is 0.0681. The molecule has 1 aromatic rings.